The molecule has 0 bridgehead atoms. The number of nitrogens with zero attached hydrogens (tertiary/aromatic N) is 8. The summed E-state index contributed by atoms with van der Waals surface area (Å²) in [7, 11) is -7.33. The minimum Gasteiger partial charge on any atom is -0.491 e. The van der Waals surface area contributed by atoms with E-state index in [9.17, 15) is 30.4 Å². The van der Waals surface area contributed by atoms with Gasteiger partial charge in [0.25, 0.3) is 20.2 Å². The lowest BCUT2D eigenvalue weighted by Crippen LogP contribution is -2.46. The maximum Gasteiger partial charge on any atom is 0.350 e. The third-order valence-corrected chi connectivity index (χ3v) is 9.15. The van der Waals surface area contributed by atoms with Gasteiger partial charge in [0.1, 0.15) is 55.6 Å². The van der Waals surface area contributed by atoms with Crippen molar-refractivity contribution in [2.45, 2.75) is 51.7 Å². The molecule has 3 aromatic carbocycles. The summed E-state index contributed by atoms with van der Waals surface area (Å²) in [6.45, 7) is 9.73. The van der Waals surface area contributed by atoms with Crippen molar-refractivity contribution in [2.75, 3.05) is 68.3 Å². The van der Waals surface area contributed by atoms with Crippen molar-refractivity contribution in [3.8, 4) is 11.4 Å². The van der Waals surface area contributed by atoms with Crippen LogP contribution in [0.4, 0.5) is 20.2 Å². The van der Waals surface area contributed by atoms with E-state index in [2.05, 4.69) is 37.1 Å². The van der Waals surface area contributed by atoms with Gasteiger partial charge in [-0.05, 0) is 80.9 Å². The summed E-state index contributed by atoms with van der Waals surface area (Å²) in [5.74, 6) is -2.30. The van der Waals surface area contributed by atoms with Crippen molar-refractivity contribution in [2.24, 2.45) is 0 Å². The maximum atomic E-state index is 14.9. The van der Waals surface area contributed by atoms with Gasteiger partial charge in [-0.15, -0.1) is 0 Å². The van der Waals surface area contributed by atoms with E-state index in [4.69, 9.17) is 28.4 Å². The Morgan fingerprint density at radius 3 is 1.89 bits per heavy atom. The fourth-order valence-corrected chi connectivity index (χ4v) is 6.24. The van der Waals surface area contributed by atoms with Gasteiger partial charge in [0.15, 0.2) is 0 Å². The highest BCUT2D eigenvalue weighted by molar-refractivity contribution is 7.85. The molecule has 2 aliphatic heterocycles. The van der Waals surface area contributed by atoms with E-state index in [1.165, 1.54) is 34.2 Å². The molecule has 62 heavy (non-hydrogen) atoms. The summed E-state index contributed by atoms with van der Waals surface area (Å²) >= 11 is 0. The maximum absolute atomic E-state index is 14.9. The fraction of sp³-hybridized carbons (Fsp3) is 0.436. The molecule has 0 saturated carbocycles. The van der Waals surface area contributed by atoms with Gasteiger partial charge >= 0.3 is 5.69 Å². The number of anilines is 2. The van der Waals surface area contributed by atoms with Gasteiger partial charge in [0.2, 0.25) is 5.79 Å². The van der Waals surface area contributed by atoms with Gasteiger partial charge in [0, 0.05) is 55.8 Å². The molecule has 340 valence electrons. The standard InChI is InChI=1S/C35H38F2N8O4.C2H6O.2CH4O3S/c1-3-25(2)45-34(46)44(24-40-45)29-7-5-27(6-8-29)41-14-16-42(17-15-41)28-9-11-30(12-10-28)47-19-31-20-48-35(49-31,21-43-23-38-22-39-43)32-13-4-26(36)18-33(32)37;1-2-3;2*1-5(2,3)4/h4-13,18,22-25,31H,3,14-17,19-21H2,1-2H3;3H,2H2,1H3;2*1H3,(H,2,3,4)/t25-,31-,35-;;;/m0.../s1. The van der Waals surface area contributed by atoms with Crippen LogP contribution in [0.2, 0.25) is 0 Å². The number of aliphatic hydroxyl groups excluding tert-OH is 1. The second-order valence-corrected chi connectivity index (χ2v) is 17.0. The third-order valence-electron chi connectivity index (χ3n) is 9.15. The van der Waals surface area contributed by atoms with Gasteiger partial charge in [-0.1, -0.05) is 6.92 Å². The van der Waals surface area contributed by atoms with Crippen LogP contribution in [-0.2, 0) is 42.0 Å². The van der Waals surface area contributed by atoms with Crippen molar-refractivity contribution in [1.29, 1.82) is 0 Å². The van der Waals surface area contributed by atoms with Crippen LogP contribution in [0.5, 0.6) is 5.75 Å². The third kappa shape index (κ3) is 15.0. The summed E-state index contributed by atoms with van der Waals surface area (Å²) in [5.41, 5.74) is 2.95. The molecule has 3 atom stereocenters. The van der Waals surface area contributed by atoms with E-state index < -0.39 is 43.8 Å². The number of aromatic nitrogens is 6. The van der Waals surface area contributed by atoms with Crippen LogP contribution in [0.15, 0.2) is 90.5 Å². The molecular formula is C39H52F2N8O11S2. The van der Waals surface area contributed by atoms with Crippen molar-refractivity contribution >= 4 is 31.6 Å². The second-order valence-electron chi connectivity index (χ2n) is 14.1. The zero-order valence-corrected chi connectivity index (χ0v) is 36.5. The lowest BCUT2D eigenvalue weighted by molar-refractivity contribution is -0.192. The quantitative estimate of drug-likeness (QED) is 0.161. The molecule has 19 nitrogen and oxygen atoms in total. The van der Waals surface area contributed by atoms with Crippen molar-refractivity contribution in [1.82, 2.24) is 29.1 Å². The van der Waals surface area contributed by atoms with Gasteiger partial charge < -0.3 is 29.1 Å². The Morgan fingerprint density at radius 2 is 1.39 bits per heavy atom. The smallest absolute Gasteiger partial charge is 0.350 e. The summed E-state index contributed by atoms with van der Waals surface area (Å²) in [5, 5.41) is 16.0. The van der Waals surface area contributed by atoms with E-state index in [-0.39, 0.29) is 43.7 Å². The van der Waals surface area contributed by atoms with Crippen molar-refractivity contribution < 1.29 is 54.0 Å². The Kier molecular flexibility index (Phi) is 17.7. The Bertz CT molecular complexity index is 2390. The van der Waals surface area contributed by atoms with Crippen LogP contribution < -0.4 is 20.2 Å². The summed E-state index contributed by atoms with van der Waals surface area (Å²) in [4.78, 5) is 21.4. The van der Waals surface area contributed by atoms with Crippen LogP contribution >= 0.6 is 0 Å². The first-order valence-electron chi connectivity index (χ1n) is 19.3. The number of ether oxygens (including phenoxy) is 3. The minimum atomic E-state index is -3.67. The van der Waals surface area contributed by atoms with E-state index in [1.807, 2.05) is 50.2 Å². The number of hydrogen-bond acceptors (Lipinski definition) is 14. The lowest BCUT2D eigenvalue weighted by atomic mass is 10.0. The van der Waals surface area contributed by atoms with E-state index >= 15 is 0 Å². The van der Waals surface area contributed by atoms with Crippen LogP contribution in [0, 0.1) is 11.6 Å². The first-order valence-corrected chi connectivity index (χ1v) is 23.0. The average molecular weight is 911 g/mol. The number of benzene rings is 3. The highest BCUT2D eigenvalue weighted by Gasteiger charge is 2.46. The first-order chi connectivity index (χ1) is 29.2. The van der Waals surface area contributed by atoms with Crippen molar-refractivity contribution in [3.05, 3.63) is 113 Å². The molecule has 2 aromatic heterocycles. The van der Waals surface area contributed by atoms with E-state index in [0.717, 1.165) is 55.7 Å². The van der Waals surface area contributed by atoms with Crippen LogP contribution in [0.1, 0.15) is 38.8 Å². The Labute approximate surface area is 358 Å². The molecule has 4 heterocycles. The summed E-state index contributed by atoms with van der Waals surface area (Å²) in [6.07, 6.45) is 6.20. The highest BCUT2D eigenvalue weighted by Crippen LogP contribution is 2.38. The summed E-state index contributed by atoms with van der Waals surface area (Å²) < 4.78 is 103. The average Bonchev–Trinajstić information content (AvgIpc) is 3.97. The molecule has 2 aliphatic rings. The SMILES string of the molecule is CCO.CC[C@H](C)n1ncn(-c2ccc(N3CCN(c4ccc(OC[C@H]5CO[C@](Cn6cncn6)(c6ccc(F)cc6F)O5)cc4)CC3)cc2)c1=O.CS(=O)(=O)O.CS(=O)(=O)O. The van der Waals surface area contributed by atoms with Gasteiger partial charge in [-0.2, -0.15) is 27.0 Å². The molecule has 5 aromatic rings. The molecule has 2 saturated heterocycles. The lowest BCUT2D eigenvalue weighted by Gasteiger charge is -2.37. The Morgan fingerprint density at radius 1 is 0.855 bits per heavy atom. The molecule has 0 spiro atoms. The molecule has 0 unspecified atom stereocenters. The zero-order valence-electron chi connectivity index (χ0n) is 34.9. The molecule has 0 amide bonds. The molecular weight excluding hydrogens is 859 g/mol. The number of rotatable bonds is 11. The van der Waals surface area contributed by atoms with Crippen molar-refractivity contribution in [3.63, 3.8) is 0 Å². The Hall–Kier alpha value is -5.30. The topological polar surface area (TPSA) is 234 Å². The predicted octanol–water partition coefficient (Wildman–Crippen LogP) is 3.56. The molecule has 3 N–H and O–H groups in total. The van der Waals surface area contributed by atoms with Crippen LogP contribution in [-0.4, -0.2) is 125 Å². The van der Waals surface area contributed by atoms with E-state index in [1.54, 1.807) is 17.8 Å². The summed E-state index contributed by atoms with van der Waals surface area (Å²) in [6, 6.07) is 19.3. The first kappa shape index (κ1) is 49.4. The van der Waals surface area contributed by atoms with Gasteiger partial charge in [-0.25, -0.2) is 32.5 Å². The number of hydrogen-bond donors (Lipinski definition) is 3. The largest absolute Gasteiger partial charge is 0.491 e. The minimum absolute atomic E-state index is 0.0334. The molecule has 23 heteroatoms. The van der Waals surface area contributed by atoms with Crippen LogP contribution in [0.25, 0.3) is 5.69 Å². The fourth-order valence-electron chi connectivity index (χ4n) is 6.24. The van der Waals surface area contributed by atoms with E-state index in [0.29, 0.717) is 18.3 Å². The van der Waals surface area contributed by atoms with Gasteiger partial charge in [0.05, 0.1) is 30.8 Å². The molecule has 0 radical (unpaired) electrons. The van der Waals surface area contributed by atoms with Crippen LogP contribution in [0.3, 0.4) is 0 Å². The Balaban J connectivity index is 0.000000573. The molecule has 0 aliphatic carbocycles. The number of piperazine rings is 1. The zero-order chi connectivity index (χ0) is 45.7. The normalized spacial score (nSPS) is 18.1. The predicted molar refractivity (Wildman–Crippen MR) is 226 cm³/mol. The van der Waals surface area contributed by atoms with Gasteiger partial charge in [-0.3, -0.25) is 9.11 Å². The number of halogens is 2. The monoisotopic (exact) mass is 910 g/mol. The molecule has 7 rings (SSSR count). The second kappa shape index (κ2) is 22.2. The molecule has 2 fully saturated rings. The number of aliphatic hydroxyl groups is 1. The highest BCUT2D eigenvalue weighted by atomic mass is 32.2.